The molecule has 1 aliphatic carbocycles. The predicted octanol–water partition coefficient (Wildman–Crippen LogP) is 3.65. The maximum atomic E-state index is 5.21. The predicted molar refractivity (Wildman–Crippen MR) is 76.3 cm³/mol. The van der Waals surface area contributed by atoms with E-state index in [0.29, 0.717) is 6.04 Å². The Kier molecular flexibility index (Phi) is 3.36. The molecular weight excluding hydrogens is 236 g/mol. The number of ether oxygens (including phenoxy) is 1. The van der Waals surface area contributed by atoms with Crippen LogP contribution in [0.1, 0.15) is 24.4 Å². The molecule has 0 aliphatic heterocycles. The van der Waals surface area contributed by atoms with Gasteiger partial charge >= 0.3 is 0 Å². The Morgan fingerprint density at radius 3 is 2.58 bits per heavy atom. The Balaban J connectivity index is 1.80. The minimum Gasteiger partial charge on any atom is -0.497 e. The number of hydrogen-bond acceptors (Lipinski definition) is 3. The first-order valence-electron chi connectivity index (χ1n) is 6.67. The van der Waals surface area contributed by atoms with E-state index in [-0.39, 0.29) is 0 Å². The van der Waals surface area contributed by atoms with Gasteiger partial charge < -0.3 is 10.1 Å². The molecule has 0 bridgehead atoms. The highest BCUT2D eigenvalue weighted by molar-refractivity contribution is 5.44. The Bertz CT molecular complexity index is 520. The molecule has 0 radical (unpaired) electrons. The van der Waals surface area contributed by atoms with Gasteiger partial charge in [-0.1, -0.05) is 12.1 Å². The summed E-state index contributed by atoms with van der Waals surface area (Å²) < 4.78 is 5.21. The molecule has 1 N–H and O–H groups in total. The molecule has 1 atom stereocenters. The summed E-state index contributed by atoms with van der Waals surface area (Å²) in [6.45, 7) is 0. The Hall–Kier alpha value is -2.03. The molecule has 1 aliphatic rings. The monoisotopic (exact) mass is 254 g/mol. The molecule has 3 rings (SSSR count). The van der Waals surface area contributed by atoms with Gasteiger partial charge in [-0.2, -0.15) is 0 Å². The summed E-state index contributed by atoms with van der Waals surface area (Å²) in [7, 11) is 1.70. The maximum absolute atomic E-state index is 5.21. The fraction of sp³-hybridized carbons (Fsp3) is 0.312. The van der Waals surface area contributed by atoms with E-state index < -0.39 is 0 Å². The van der Waals surface area contributed by atoms with Crippen molar-refractivity contribution in [3.63, 3.8) is 0 Å². The lowest BCUT2D eigenvalue weighted by Gasteiger charge is -2.20. The van der Waals surface area contributed by atoms with Crippen LogP contribution in [0, 0.1) is 5.92 Å². The highest BCUT2D eigenvalue weighted by atomic mass is 16.5. The van der Waals surface area contributed by atoms with Crippen LogP contribution in [-0.2, 0) is 0 Å². The van der Waals surface area contributed by atoms with Crippen molar-refractivity contribution < 1.29 is 4.74 Å². The van der Waals surface area contributed by atoms with Crippen LogP contribution < -0.4 is 10.1 Å². The van der Waals surface area contributed by atoms with Crippen LogP contribution in [0.4, 0.5) is 5.69 Å². The summed E-state index contributed by atoms with van der Waals surface area (Å²) in [5.41, 5.74) is 2.39. The molecule has 0 amide bonds. The Labute approximate surface area is 113 Å². The zero-order valence-electron chi connectivity index (χ0n) is 11.0. The summed E-state index contributed by atoms with van der Waals surface area (Å²) in [5.74, 6) is 1.63. The van der Waals surface area contributed by atoms with E-state index >= 15 is 0 Å². The van der Waals surface area contributed by atoms with Gasteiger partial charge in [0.25, 0.3) is 0 Å². The number of nitrogens with one attached hydrogen (secondary N) is 1. The molecule has 19 heavy (non-hydrogen) atoms. The Morgan fingerprint density at radius 2 is 2.00 bits per heavy atom. The van der Waals surface area contributed by atoms with Crippen LogP contribution in [0.5, 0.6) is 5.75 Å². The normalized spacial score (nSPS) is 15.8. The highest BCUT2D eigenvalue weighted by Crippen LogP contribution is 2.43. The van der Waals surface area contributed by atoms with Gasteiger partial charge in [0.05, 0.1) is 18.8 Å². The molecule has 98 valence electrons. The van der Waals surface area contributed by atoms with Gasteiger partial charge in [0, 0.05) is 12.4 Å². The molecule has 1 heterocycles. The molecule has 0 spiro atoms. The molecule has 1 unspecified atom stereocenters. The van der Waals surface area contributed by atoms with E-state index in [1.807, 2.05) is 24.4 Å². The minimum atomic E-state index is 0.370. The summed E-state index contributed by atoms with van der Waals surface area (Å²) in [5, 5.41) is 3.59. The summed E-state index contributed by atoms with van der Waals surface area (Å²) >= 11 is 0. The van der Waals surface area contributed by atoms with Gasteiger partial charge in [-0.05, 0) is 48.6 Å². The lowest BCUT2D eigenvalue weighted by Crippen LogP contribution is -2.12. The largest absolute Gasteiger partial charge is 0.497 e. The number of aromatic nitrogens is 1. The lowest BCUT2D eigenvalue weighted by atomic mass is 10.0. The van der Waals surface area contributed by atoms with Crippen LogP contribution in [0.25, 0.3) is 0 Å². The van der Waals surface area contributed by atoms with E-state index in [9.17, 15) is 0 Å². The van der Waals surface area contributed by atoms with Crippen LogP contribution in [0.3, 0.4) is 0 Å². The molecule has 3 nitrogen and oxygen atoms in total. The SMILES string of the molecule is COc1ccc(C(Nc2cccnc2)C2CC2)cc1. The number of methoxy groups -OCH3 is 1. The lowest BCUT2D eigenvalue weighted by molar-refractivity contribution is 0.414. The van der Waals surface area contributed by atoms with E-state index in [1.54, 1.807) is 13.3 Å². The Morgan fingerprint density at radius 1 is 1.21 bits per heavy atom. The van der Waals surface area contributed by atoms with Gasteiger partial charge in [0.2, 0.25) is 0 Å². The van der Waals surface area contributed by atoms with Crippen LogP contribution >= 0.6 is 0 Å². The molecular formula is C16H18N2O. The average molecular weight is 254 g/mol. The summed E-state index contributed by atoms with van der Waals surface area (Å²) in [6, 6.07) is 12.7. The summed E-state index contributed by atoms with van der Waals surface area (Å²) in [6.07, 6.45) is 6.26. The number of benzene rings is 1. The van der Waals surface area contributed by atoms with Crippen molar-refractivity contribution in [1.29, 1.82) is 0 Å². The van der Waals surface area contributed by atoms with E-state index in [1.165, 1.54) is 18.4 Å². The maximum Gasteiger partial charge on any atom is 0.118 e. The third kappa shape index (κ3) is 2.87. The number of anilines is 1. The first-order valence-corrected chi connectivity index (χ1v) is 6.67. The summed E-state index contributed by atoms with van der Waals surface area (Å²) in [4.78, 5) is 4.16. The third-order valence-corrected chi connectivity index (χ3v) is 3.55. The minimum absolute atomic E-state index is 0.370. The second-order valence-electron chi connectivity index (χ2n) is 4.97. The first kappa shape index (κ1) is 12.0. The molecule has 2 aromatic rings. The van der Waals surface area contributed by atoms with Crippen LogP contribution in [-0.4, -0.2) is 12.1 Å². The van der Waals surface area contributed by atoms with Crippen molar-refractivity contribution in [2.24, 2.45) is 5.92 Å². The van der Waals surface area contributed by atoms with E-state index in [2.05, 4.69) is 28.5 Å². The van der Waals surface area contributed by atoms with Gasteiger partial charge in [-0.15, -0.1) is 0 Å². The molecule has 1 fully saturated rings. The quantitative estimate of drug-likeness (QED) is 0.884. The second-order valence-corrected chi connectivity index (χ2v) is 4.97. The van der Waals surface area contributed by atoms with Gasteiger partial charge in [0.15, 0.2) is 0 Å². The molecule has 1 saturated carbocycles. The smallest absolute Gasteiger partial charge is 0.118 e. The van der Waals surface area contributed by atoms with Gasteiger partial charge in [-0.25, -0.2) is 0 Å². The zero-order valence-corrected chi connectivity index (χ0v) is 11.0. The highest BCUT2D eigenvalue weighted by Gasteiger charge is 2.32. The van der Waals surface area contributed by atoms with E-state index in [0.717, 1.165) is 17.4 Å². The second kappa shape index (κ2) is 5.31. The van der Waals surface area contributed by atoms with E-state index in [4.69, 9.17) is 4.74 Å². The first-order chi connectivity index (χ1) is 9.36. The van der Waals surface area contributed by atoms with Crippen LogP contribution in [0.15, 0.2) is 48.8 Å². The molecule has 1 aromatic carbocycles. The molecule has 1 aromatic heterocycles. The van der Waals surface area contributed by atoms with Crippen molar-refractivity contribution in [3.05, 3.63) is 54.4 Å². The topological polar surface area (TPSA) is 34.1 Å². The third-order valence-electron chi connectivity index (χ3n) is 3.55. The fourth-order valence-electron chi connectivity index (χ4n) is 2.34. The number of nitrogens with zero attached hydrogens (tertiary/aromatic N) is 1. The van der Waals surface area contributed by atoms with Crippen LogP contribution in [0.2, 0.25) is 0 Å². The fourth-order valence-corrected chi connectivity index (χ4v) is 2.34. The average Bonchev–Trinajstić information content (AvgIpc) is 3.31. The van der Waals surface area contributed by atoms with Gasteiger partial charge in [0.1, 0.15) is 5.75 Å². The number of pyridine rings is 1. The van der Waals surface area contributed by atoms with Crippen molar-refractivity contribution in [3.8, 4) is 5.75 Å². The molecule has 0 saturated heterocycles. The zero-order chi connectivity index (χ0) is 13.1. The van der Waals surface area contributed by atoms with Crippen molar-refractivity contribution in [1.82, 2.24) is 4.98 Å². The van der Waals surface area contributed by atoms with Gasteiger partial charge in [-0.3, -0.25) is 4.98 Å². The number of rotatable bonds is 5. The molecule has 3 heteroatoms. The van der Waals surface area contributed by atoms with Crippen molar-refractivity contribution >= 4 is 5.69 Å². The standard InChI is InChI=1S/C16H18N2O/c1-19-15-8-6-13(7-9-15)16(12-4-5-12)18-14-3-2-10-17-11-14/h2-3,6-12,16,18H,4-5H2,1H3. The van der Waals surface area contributed by atoms with Crippen molar-refractivity contribution in [2.75, 3.05) is 12.4 Å². The van der Waals surface area contributed by atoms with Crippen molar-refractivity contribution in [2.45, 2.75) is 18.9 Å². The number of hydrogen-bond donors (Lipinski definition) is 1.